The minimum Gasteiger partial charge on any atom is -0.506 e. The number of fused-ring (bicyclic) bond motifs is 1. The maximum absolute atomic E-state index is 14.3. The van der Waals surface area contributed by atoms with E-state index in [1.165, 1.54) is 6.07 Å². The highest BCUT2D eigenvalue weighted by Crippen LogP contribution is 2.49. The topological polar surface area (TPSA) is 66.4 Å². The Kier molecular flexibility index (Phi) is 2.97. The van der Waals surface area contributed by atoms with Crippen LogP contribution in [0.4, 0.5) is 4.39 Å². The Labute approximate surface area is 119 Å². The molecule has 0 radical (unpaired) electrons. The van der Waals surface area contributed by atoms with E-state index in [1.54, 1.807) is 0 Å². The molecule has 3 rings (SSSR count). The lowest BCUT2D eigenvalue weighted by Gasteiger charge is -2.36. The van der Waals surface area contributed by atoms with Crippen LogP contribution in [0.2, 0.25) is 5.02 Å². The Balaban J connectivity index is 2.21. The van der Waals surface area contributed by atoms with Crippen LogP contribution < -0.4 is 5.32 Å². The third-order valence-corrected chi connectivity index (χ3v) is 4.69. The van der Waals surface area contributed by atoms with Crippen LogP contribution in [0.3, 0.4) is 0 Å². The first-order valence-corrected chi connectivity index (χ1v) is 6.88. The van der Waals surface area contributed by atoms with E-state index >= 15 is 0 Å². The predicted molar refractivity (Wildman–Crippen MR) is 69.9 cm³/mol. The third kappa shape index (κ3) is 1.66. The average Bonchev–Trinajstić information content (AvgIpc) is 2.67. The van der Waals surface area contributed by atoms with Crippen molar-refractivity contribution in [2.24, 2.45) is 5.92 Å². The monoisotopic (exact) mass is 297 g/mol. The van der Waals surface area contributed by atoms with E-state index < -0.39 is 23.1 Å². The van der Waals surface area contributed by atoms with E-state index in [-0.39, 0.29) is 22.2 Å². The number of hydrogen-bond acceptors (Lipinski definition) is 3. The molecule has 1 saturated heterocycles. The number of benzene rings is 1. The summed E-state index contributed by atoms with van der Waals surface area (Å²) in [4.78, 5) is 24.2. The molecule has 2 unspecified atom stereocenters. The zero-order chi connectivity index (χ0) is 14.5. The Morgan fingerprint density at radius 3 is 2.85 bits per heavy atom. The first-order chi connectivity index (χ1) is 9.46. The first-order valence-electron chi connectivity index (χ1n) is 6.50. The number of phenolic OH excluding ortho intramolecular Hbond substituents is 1. The summed E-state index contributed by atoms with van der Waals surface area (Å²) in [5, 5.41) is 11.9. The normalized spacial score (nSPS) is 29.2. The van der Waals surface area contributed by atoms with Crippen molar-refractivity contribution in [3.8, 4) is 5.75 Å². The quantitative estimate of drug-likeness (QED) is 0.782. The highest BCUT2D eigenvalue weighted by molar-refractivity contribution is 6.32. The summed E-state index contributed by atoms with van der Waals surface area (Å²) in [6.07, 6.45) is 2.50. The van der Waals surface area contributed by atoms with Gasteiger partial charge in [0.15, 0.2) is 0 Å². The lowest BCUT2D eigenvalue weighted by Crippen LogP contribution is -2.42. The Bertz CT molecular complexity index is 619. The van der Waals surface area contributed by atoms with Crippen LogP contribution in [-0.4, -0.2) is 16.9 Å². The van der Waals surface area contributed by atoms with Crippen molar-refractivity contribution in [1.82, 2.24) is 5.32 Å². The molecule has 2 aliphatic rings. The number of amides is 2. The molecule has 1 heterocycles. The maximum Gasteiger partial charge on any atom is 0.238 e. The summed E-state index contributed by atoms with van der Waals surface area (Å²) < 4.78 is 14.3. The molecule has 0 spiro atoms. The standard InChI is InChI=1S/C14H13ClFNO3/c15-9-6-10(16)8(5-11(9)18)14-4-2-1-3-7(14)12(19)17-13(14)20/h5-7,18H,1-4H2,(H,17,19,20). The van der Waals surface area contributed by atoms with Gasteiger partial charge in [0.05, 0.1) is 16.4 Å². The van der Waals surface area contributed by atoms with Crippen LogP contribution in [0.5, 0.6) is 5.75 Å². The zero-order valence-electron chi connectivity index (χ0n) is 10.6. The molecular formula is C14H13ClFNO3. The van der Waals surface area contributed by atoms with Gasteiger partial charge in [-0.25, -0.2) is 4.39 Å². The maximum atomic E-state index is 14.3. The van der Waals surface area contributed by atoms with E-state index in [2.05, 4.69) is 5.32 Å². The Morgan fingerprint density at radius 2 is 2.10 bits per heavy atom. The van der Waals surface area contributed by atoms with Crippen LogP contribution in [0.25, 0.3) is 0 Å². The largest absolute Gasteiger partial charge is 0.506 e. The second-order valence-electron chi connectivity index (χ2n) is 5.37. The average molecular weight is 298 g/mol. The fraction of sp³-hybridized carbons (Fsp3) is 0.429. The minimum atomic E-state index is -1.21. The molecule has 106 valence electrons. The lowest BCUT2D eigenvalue weighted by atomic mass is 9.63. The molecule has 4 nitrogen and oxygen atoms in total. The Morgan fingerprint density at radius 1 is 1.35 bits per heavy atom. The lowest BCUT2D eigenvalue weighted by molar-refractivity contribution is -0.126. The van der Waals surface area contributed by atoms with Gasteiger partial charge in [-0.05, 0) is 25.0 Å². The van der Waals surface area contributed by atoms with Crippen LogP contribution >= 0.6 is 11.6 Å². The van der Waals surface area contributed by atoms with Gasteiger partial charge in [-0.3, -0.25) is 14.9 Å². The molecule has 6 heteroatoms. The van der Waals surface area contributed by atoms with Crippen LogP contribution in [0.15, 0.2) is 12.1 Å². The van der Waals surface area contributed by atoms with Crippen molar-refractivity contribution in [2.45, 2.75) is 31.1 Å². The SMILES string of the molecule is O=C1NC(=O)C2(c3cc(O)c(Cl)cc3F)CCCCC12. The smallest absolute Gasteiger partial charge is 0.238 e. The number of hydrogen-bond donors (Lipinski definition) is 2. The van der Waals surface area contributed by atoms with Gasteiger partial charge in [0.2, 0.25) is 11.8 Å². The predicted octanol–water partition coefficient (Wildman–Crippen LogP) is 2.27. The van der Waals surface area contributed by atoms with E-state index in [4.69, 9.17) is 11.6 Å². The van der Waals surface area contributed by atoms with E-state index in [9.17, 15) is 19.1 Å². The fourth-order valence-electron chi connectivity index (χ4n) is 3.43. The minimum absolute atomic E-state index is 0.0625. The molecule has 1 aromatic carbocycles. The Hall–Kier alpha value is -1.62. The van der Waals surface area contributed by atoms with Crippen molar-refractivity contribution in [2.75, 3.05) is 0 Å². The van der Waals surface area contributed by atoms with Gasteiger partial charge in [-0.1, -0.05) is 24.4 Å². The van der Waals surface area contributed by atoms with Crippen molar-refractivity contribution >= 4 is 23.4 Å². The third-order valence-electron chi connectivity index (χ3n) is 4.38. The molecular weight excluding hydrogens is 285 g/mol. The van der Waals surface area contributed by atoms with E-state index in [1.807, 2.05) is 0 Å². The van der Waals surface area contributed by atoms with Gasteiger partial charge in [0, 0.05) is 5.56 Å². The van der Waals surface area contributed by atoms with Gasteiger partial charge in [0.25, 0.3) is 0 Å². The zero-order valence-corrected chi connectivity index (χ0v) is 11.3. The summed E-state index contributed by atoms with van der Waals surface area (Å²) >= 11 is 5.67. The molecule has 1 aliphatic carbocycles. The van der Waals surface area contributed by atoms with Crippen molar-refractivity contribution in [3.05, 3.63) is 28.5 Å². The second kappa shape index (κ2) is 4.45. The van der Waals surface area contributed by atoms with Crippen LogP contribution in [0.1, 0.15) is 31.2 Å². The molecule has 1 aliphatic heterocycles. The summed E-state index contributed by atoms with van der Waals surface area (Å²) in [5.41, 5.74) is -1.14. The van der Waals surface area contributed by atoms with Crippen molar-refractivity contribution < 1.29 is 19.1 Å². The van der Waals surface area contributed by atoms with Crippen LogP contribution in [-0.2, 0) is 15.0 Å². The number of halogens is 2. The van der Waals surface area contributed by atoms with Gasteiger partial charge < -0.3 is 5.11 Å². The van der Waals surface area contributed by atoms with Gasteiger partial charge >= 0.3 is 0 Å². The molecule has 0 bridgehead atoms. The van der Waals surface area contributed by atoms with Gasteiger partial charge in [-0.15, -0.1) is 0 Å². The van der Waals surface area contributed by atoms with Crippen molar-refractivity contribution in [3.63, 3.8) is 0 Å². The number of carbonyl (C=O) groups is 2. The number of aromatic hydroxyl groups is 1. The molecule has 1 aromatic rings. The van der Waals surface area contributed by atoms with Crippen LogP contribution in [0, 0.1) is 11.7 Å². The second-order valence-corrected chi connectivity index (χ2v) is 5.78. The number of nitrogens with one attached hydrogen (secondary N) is 1. The van der Waals surface area contributed by atoms with E-state index in [0.29, 0.717) is 12.8 Å². The molecule has 1 saturated carbocycles. The number of carbonyl (C=O) groups excluding carboxylic acids is 2. The van der Waals surface area contributed by atoms with Crippen molar-refractivity contribution in [1.29, 1.82) is 0 Å². The summed E-state index contributed by atoms with van der Waals surface area (Å²) in [6.45, 7) is 0. The van der Waals surface area contributed by atoms with Gasteiger partial charge in [0.1, 0.15) is 11.6 Å². The molecule has 20 heavy (non-hydrogen) atoms. The summed E-state index contributed by atoms with van der Waals surface area (Å²) in [7, 11) is 0. The highest BCUT2D eigenvalue weighted by atomic mass is 35.5. The van der Waals surface area contributed by atoms with Gasteiger partial charge in [-0.2, -0.15) is 0 Å². The fourth-order valence-corrected chi connectivity index (χ4v) is 3.58. The molecule has 2 N–H and O–H groups in total. The van der Waals surface area contributed by atoms with E-state index in [0.717, 1.165) is 18.9 Å². The summed E-state index contributed by atoms with van der Waals surface area (Å²) in [6, 6.07) is 2.16. The number of imide groups is 1. The first kappa shape index (κ1) is 13.4. The molecule has 2 amide bonds. The highest BCUT2D eigenvalue weighted by Gasteiger charge is 2.58. The molecule has 2 fully saturated rings. The number of rotatable bonds is 1. The number of phenols is 1. The molecule has 2 atom stereocenters. The molecule has 0 aromatic heterocycles. The summed E-state index contributed by atoms with van der Waals surface area (Å²) in [5.74, 6) is -2.35.